The molecule has 5 heteroatoms. The molecule has 0 aliphatic carbocycles. The highest BCUT2D eigenvalue weighted by Crippen LogP contribution is 2.33. The Morgan fingerprint density at radius 1 is 1.52 bits per heavy atom. The van der Waals surface area contributed by atoms with E-state index in [1.54, 1.807) is 11.8 Å². The van der Waals surface area contributed by atoms with Gasteiger partial charge in [0.05, 0.1) is 17.3 Å². The smallest absolute Gasteiger partial charge is 0.126 e. The van der Waals surface area contributed by atoms with Gasteiger partial charge in [-0.15, -0.1) is 11.8 Å². The highest BCUT2D eigenvalue weighted by molar-refractivity contribution is 7.99. The molecular weight excluding hydrogens is 282 g/mol. The minimum atomic E-state index is -0.195. The molecule has 3 N–H and O–H groups in total. The molecule has 1 unspecified atom stereocenters. The summed E-state index contributed by atoms with van der Waals surface area (Å²) >= 11 is 1.73. The predicted molar refractivity (Wildman–Crippen MR) is 90.7 cm³/mol. The van der Waals surface area contributed by atoms with Crippen molar-refractivity contribution in [3.63, 3.8) is 0 Å². The van der Waals surface area contributed by atoms with E-state index in [1.807, 2.05) is 12.1 Å². The van der Waals surface area contributed by atoms with Crippen LogP contribution in [0.3, 0.4) is 0 Å². The Morgan fingerprint density at radius 2 is 2.24 bits per heavy atom. The Kier molecular flexibility index (Phi) is 4.84. The zero-order chi connectivity index (χ0) is 15.6. The van der Waals surface area contributed by atoms with Crippen LogP contribution in [0.25, 0.3) is 0 Å². The summed E-state index contributed by atoms with van der Waals surface area (Å²) < 4.78 is 5.97. The van der Waals surface area contributed by atoms with Crippen LogP contribution in [0.15, 0.2) is 23.1 Å². The Morgan fingerprint density at radius 3 is 2.81 bits per heavy atom. The van der Waals surface area contributed by atoms with E-state index in [2.05, 4.69) is 38.7 Å². The number of hydrogen-bond acceptors (Lipinski definition) is 4. The third-order valence-corrected chi connectivity index (χ3v) is 4.42. The summed E-state index contributed by atoms with van der Waals surface area (Å²) in [4.78, 5) is 3.38. The Labute approximate surface area is 131 Å². The van der Waals surface area contributed by atoms with Gasteiger partial charge in [-0.1, -0.05) is 13.0 Å². The molecule has 0 saturated carbocycles. The number of benzene rings is 1. The largest absolute Gasteiger partial charge is 0.384 e. The molecule has 1 saturated heterocycles. The lowest BCUT2D eigenvalue weighted by Crippen LogP contribution is -2.52. The van der Waals surface area contributed by atoms with Crippen LogP contribution in [0.2, 0.25) is 0 Å². The lowest BCUT2D eigenvalue weighted by molar-refractivity contribution is -0.0749. The highest BCUT2D eigenvalue weighted by Gasteiger charge is 2.32. The van der Waals surface area contributed by atoms with Crippen LogP contribution < -0.4 is 10.6 Å². The maximum atomic E-state index is 7.97. The molecule has 1 heterocycles. The quantitative estimate of drug-likeness (QED) is 0.510. The fourth-order valence-corrected chi connectivity index (χ4v) is 3.81. The number of hydrogen-bond donors (Lipinski definition) is 2. The second kappa shape index (κ2) is 6.28. The topological polar surface area (TPSA) is 62.3 Å². The first-order valence-corrected chi connectivity index (χ1v) is 8.35. The predicted octanol–water partition coefficient (Wildman–Crippen LogP) is 3.09. The number of nitrogens with two attached hydrogens (primary N) is 1. The molecule has 0 spiro atoms. The highest BCUT2D eigenvalue weighted by atomic mass is 32.2. The summed E-state index contributed by atoms with van der Waals surface area (Å²) in [7, 11) is 0. The molecule has 1 aliphatic rings. The van der Waals surface area contributed by atoms with Gasteiger partial charge < -0.3 is 15.4 Å². The molecule has 0 radical (unpaired) electrons. The zero-order valence-corrected chi connectivity index (χ0v) is 14.1. The van der Waals surface area contributed by atoms with Crippen LogP contribution in [0, 0.1) is 5.41 Å². The number of nitrogens with one attached hydrogen (secondary N) is 1. The van der Waals surface area contributed by atoms with E-state index in [-0.39, 0.29) is 17.5 Å². The summed E-state index contributed by atoms with van der Waals surface area (Å²) in [6, 6.07) is 6.15. The number of anilines is 1. The van der Waals surface area contributed by atoms with E-state index in [1.165, 1.54) is 0 Å². The van der Waals surface area contributed by atoms with Crippen LogP contribution in [0.4, 0.5) is 5.69 Å². The molecule has 1 fully saturated rings. The van der Waals surface area contributed by atoms with Crippen molar-refractivity contribution in [1.29, 1.82) is 5.41 Å². The van der Waals surface area contributed by atoms with Crippen LogP contribution in [0.1, 0.15) is 33.3 Å². The lowest BCUT2D eigenvalue weighted by Gasteiger charge is -2.43. The van der Waals surface area contributed by atoms with Gasteiger partial charge in [-0.2, -0.15) is 0 Å². The molecule has 0 amide bonds. The van der Waals surface area contributed by atoms with Crippen molar-refractivity contribution >= 4 is 23.3 Å². The molecule has 116 valence electrons. The van der Waals surface area contributed by atoms with Crippen molar-refractivity contribution in [2.24, 2.45) is 5.73 Å². The average Bonchev–Trinajstić information content (AvgIpc) is 2.36. The first-order valence-electron chi connectivity index (χ1n) is 7.37. The van der Waals surface area contributed by atoms with Gasteiger partial charge in [0.1, 0.15) is 5.84 Å². The van der Waals surface area contributed by atoms with Crippen molar-refractivity contribution in [2.75, 3.05) is 23.7 Å². The van der Waals surface area contributed by atoms with Crippen molar-refractivity contribution in [2.45, 2.75) is 44.3 Å². The molecule has 1 atom stereocenters. The fraction of sp³-hybridized carbons (Fsp3) is 0.562. The van der Waals surface area contributed by atoms with Gasteiger partial charge in [0.15, 0.2) is 0 Å². The van der Waals surface area contributed by atoms with Gasteiger partial charge in [-0.25, -0.2) is 0 Å². The Bertz CT molecular complexity index is 530. The fourth-order valence-electron chi connectivity index (χ4n) is 2.97. The molecule has 2 rings (SSSR count). The van der Waals surface area contributed by atoms with E-state index >= 15 is 0 Å². The van der Waals surface area contributed by atoms with Gasteiger partial charge in [0, 0.05) is 23.7 Å². The number of morpholine rings is 1. The van der Waals surface area contributed by atoms with Crippen LogP contribution >= 0.6 is 11.8 Å². The minimum Gasteiger partial charge on any atom is -0.384 e. The van der Waals surface area contributed by atoms with Gasteiger partial charge in [0.25, 0.3) is 0 Å². The molecule has 0 bridgehead atoms. The molecule has 4 nitrogen and oxygen atoms in total. The summed E-state index contributed by atoms with van der Waals surface area (Å²) in [6.45, 7) is 10.0. The summed E-state index contributed by atoms with van der Waals surface area (Å²) in [6.07, 6.45) is 0.163. The normalized spacial score (nSPS) is 21.3. The van der Waals surface area contributed by atoms with Gasteiger partial charge >= 0.3 is 0 Å². The van der Waals surface area contributed by atoms with E-state index in [0.717, 1.165) is 35.0 Å². The minimum absolute atomic E-state index is 0.138. The zero-order valence-electron chi connectivity index (χ0n) is 13.3. The maximum Gasteiger partial charge on any atom is 0.126 e. The number of ether oxygens (including phenoxy) is 1. The van der Waals surface area contributed by atoms with Crippen molar-refractivity contribution in [3.8, 4) is 0 Å². The summed E-state index contributed by atoms with van der Waals surface area (Å²) in [5, 5.41) is 7.97. The lowest BCUT2D eigenvalue weighted by atomic mass is 10.0. The third kappa shape index (κ3) is 3.71. The maximum absolute atomic E-state index is 7.97. The Balaban J connectivity index is 2.43. The standard InChI is InChI=1S/C16H25N3OS/c1-5-21-13-8-6-7-12(14(13)15(17)18)19-9-11(2)20-16(3,4)10-19/h6-8,11H,5,9-10H2,1-4H3,(H3,17,18). The van der Waals surface area contributed by atoms with Gasteiger partial charge in [0.2, 0.25) is 0 Å². The van der Waals surface area contributed by atoms with Gasteiger partial charge in [-0.05, 0) is 38.7 Å². The van der Waals surface area contributed by atoms with Crippen molar-refractivity contribution in [1.82, 2.24) is 0 Å². The van der Waals surface area contributed by atoms with Crippen LogP contribution in [-0.2, 0) is 4.74 Å². The molecular formula is C16H25N3OS. The molecule has 1 aliphatic heterocycles. The summed E-state index contributed by atoms with van der Waals surface area (Å²) in [5.41, 5.74) is 7.57. The van der Waals surface area contributed by atoms with E-state index in [0.29, 0.717) is 0 Å². The van der Waals surface area contributed by atoms with E-state index in [4.69, 9.17) is 15.9 Å². The first-order chi connectivity index (χ1) is 9.84. The van der Waals surface area contributed by atoms with E-state index in [9.17, 15) is 0 Å². The number of nitrogen functional groups attached to an aromatic ring is 1. The van der Waals surface area contributed by atoms with Crippen LogP contribution in [0.5, 0.6) is 0 Å². The average molecular weight is 307 g/mol. The van der Waals surface area contributed by atoms with Crippen LogP contribution in [-0.4, -0.2) is 36.4 Å². The summed E-state index contributed by atoms with van der Waals surface area (Å²) in [5.74, 6) is 1.10. The Hall–Kier alpha value is -1.20. The molecule has 1 aromatic carbocycles. The molecule has 1 aromatic rings. The number of amidine groups is 1. The molecule has 21 heavy (non-hydrogen) atoms. The number of thioether (sulfide) groups is 1. The second-order valence-corrected chi connectivity index (χ2v) is 7.37. The van der Waals surface area contributed by atoms with Crippen molar-refractivity contribution in [3.05, 3.63) is 23.8 Å². The van der Waals surface area contributed by atoms with Crippen molar-refractivity contribution < 1.29 is 4.74 Å². The third-order valence-electron chi connectivity index (χ3n) is 3.48. The monoisotopic (exact) mass is 307 g/mol. The number of rotatable bonds is 4. The second-order valence-electron chi connectivity index (χ2n) is 6.07. The molecule has 0 aromatic heterocycles. The number of nitrogens with zero attached hydrogens (tertiary/aromatic N) is 1. The van der Waals surface area contributed by atoms with E-state index < -0.39 is 0 Å². The SMILES string of the molecule is CCSc1cccc(N2CC(C)OC(C)(C)C2)c1C(=N)N. The van der Waals surface area contributed by atoms with Gasteiger partial charge in [-0.3, -0.25) is 5.41 Å². The first kappa shape index (κ1) is 16.2.